The predicted octanol–water partition coefficient (Wildman–Crippen LogP) is 1.47. The van der Waals surface area contributed by atoms with Crippen LogP contribution < -0.4 is 10.6 Å². The number of nitrogens with one attached hydrogen (secondary N) is 2. The highest BCUT2D eigenvalue weighted by molar-refractivity contribution is 5.69. The van der Waals surface area contributed by atoms with Crippen LogP contribution in [0.15, 0.2) is 12.5 Å². The summed E-state index contributed by atoms with van der Waals surface area (Å²) in [5, 5.41) is 21.2. The zero-order valence-corrected chi connectivity index (χ0v) is 12.1. The second-order valence-electron chi connectivity index (χ2n) is 4.44. The summed E-state index contributed by atoms with van der Waals surface area (Å²) in [6, 6.07) is 0. The summed E-state index contributed by atoms with van der Waals surface area (Å²) < 4.78 is 1.75. The molecule has 0 radical (unpaired) electrons. The zero-order valence-electron chi connectivity index (χ0n) is 12.1. The molecule has 2 aromatic heterocycles. The van der Waals surface area contributed by atoms with E-state index < -0.39 is 4.92 Å². The molecule has 0 aliphatic carbocycles. The Morgan fingerprint density at radius 1 is 1.33 bits per heavy atom. The lowest BCUT2D eigenvalue weighted by molar-refractivity contribution is -0.383. The Morgan fingerprint density at radius 2 is 2.00 bits per heavy atom. The van der Waals surface area contributed by atoms with E-state index in [1.165, 1.54) is 6.33 Å². The number of aromatic nitrogens is 4. The summed E-state index contributed by atoms with van der Waals surface area (Å²) in [5.41, 5.74) is 1.79. The molecule has 0 amide bonds. The molecule has 21 heavy (non-hydrogen) atoms. The Labute approximate surface area is 121 Å². The van der Waals surface area contributed by atoms with E-state index in [1.54, 1.807) is 10.9 Å². The average molecular weight is 291 g/mol. The molecule has 0 aliphatic heterocycles. The number of nitrogens with zero attached hydrogens (tertiary/aromatic N) is 5. The third-order valence-corrected chi connectivity index (χ3v) is 3.13. The molecule has 9 nitrogen and oxygen atoms in total. The van der Waals surface area contributed by atoms with Crippen molar-refractivity contribution in [2.45, 2.75) is 20.4 Å². The van der Waals surface area contributed by atoms with Gasteiger partial charge in [-0.15, -0.1) is 0 Å². The van der Waals surface area contributed by atoms with E-state index in [0.29, 0.717) is 13.1 Å². The smallest absolute Gasteiger partial charge is 0.353 e. The van der Waals surface area contributed by atoms with E-state index in [-0.39, 0.29) is 17.3 Å². The molecule has 2 N–H and O–H groups in total. The number of hydrogen-bond donors (Lipinski definition) is 2. The Hall–Kier alpha value is -2.71. The summed E-state index contributed by atoms with van der Waals surface area (Å²) in [6.07, 6.45) is 3.02. The molecule has 0 saturated heterocycles. The maximum Gasteiger partial charge on any atom is 0.353 e. The van der Waals surface area contributed by atoms with Gasteiger partial charge >= 0.3 is 5.69 Å². The van der Waals surface area contributed by atoms with Crippen molar-refractivity contribution in [1.29, 1.82) is 0 Å². The molecule has 112 valence electrons. The van der Waals surface area contributed by atoms with Crippen LogP contribution in [0.2, 0.25) is 0 Å². The third kappa shape index (κ3) is 3.07. The number of nitro groups is 1. The SMILES string of the molecule is CCNc1ncnc(NCc2cnn(C)c2C)c1[N+](=O)[O-]. The van der Waals surface area contributed by atoms with Crippen molar-refractivity contribution >= 4 is 17.3 Å². The van der Waals surface area contributed by atoms with Crippen LogP contribution in [0.1, 0.15) is 18.2 Å². The fourth-order valence-electron chi connectivity index (χ4n) is 1.87. The highest BCUT2D eigenvalue weighted by Gasteiger charge is 2.22. The lowest BCUT2D eigenvalue weighted by atomic mass is 10.2. The van der Waals surface area contributed by atoms with Gasteiger partial charge < -0.3 is 10.6 Å². The van der Waals surface area contributed by atoms with Gasteiger partial charge in [0.15, 0.2) is 0 Å². The summed E-state index contributed by atoms with van der Waals surface area (Å²) in [5.74, 6) is 0.400. The third-order valence-electron chi connectivity index (χ3n) is 3.13. The predicted molar refractivity (Wildman–Crippen MR) is 78.1 cm³/mol. The van der Waals surface area contributed by atoms with E-state index in [1.807, 2.05) is 20.9 Å². The van der Waals surface area contributed by atoms with E-state index in [4.69, 9.17) is 0 Å². The van der Waals surface area contributed by atoms with Crippen molar-refractivity contribution < 1.29 is 4.92 Å². The van der Waals surface area contributed by atoms with Crippen LogP contribution in [0.25, 0.3) is 0 Å². The molecule has 0 saturated carbocycles. The average Bonchev–Trinajstić information content (AvgIpc) is 2.76. The Bertz CT molecular complexity index is 653. The lowest BCUT2D eigenvalue weighted by Crippen LogP contribution is -2.10. The van der Waals surface area contributed by atoms with Gasteiger partial charge in [0.1, 0.15) is 6.33 Å². The largest absolute Gasteiger partial charge is 0.364 e. The van der Waals surface area contributed by atoms with Gasteiger partial charge in [-0.1, -0.05) is 0 Å². The normalized spacial score (nSPS) is 10.4. The van der Waals surface area contributed by atoms with Gasteiger partial charge in [-0.05, 0) is 13.8 Å². The number of aryl methyl sites for hydroxylation is 1. The standard InChI is InChI=1S/C12H17N7O2/c1-4-13-11-10(19(20)21)12(16-7-15-11)14-5-9-6-17-18(3)8(9)2/h6-7H,4-5H2,1-3H3,(H2,13,14,15,16). The molecule has 0 spiro atoms. The number of rotatable bonds is 6. The first kappa shape index (κ1) is 14.7. The maximum absolute atomic E-state index is 11.2. The first-order valence-electron chi connectivity index (χ1n) is 6.49. The Morgan fingerprint density at radius 3 is 2.52 bits per heavy atom. The molecule has 9 heteroatoms. The summed E-state index contributed by atoms with van der Waals surface area (Å²) in [6.45, 7) is 4.72. The van der Waals surface area contributed by atoms with Crippen molar-refractivity contribution in [2.75, 3.05) is 17.2 Å². The molecular formula is C12H17N7O2. The molecule has 2 aromatic rings. The molecule has 0 atom stereocenters. The number of anilines is 2. The van der Waals surface area contributed by atoms with Crippen LogP contribution in [-0.2, 0) is 13.6 Å². The number of hydrogen-bond acceptors (Lipinski definition) is 7. The summed E-state index contributed by atoms with van der Waals surface area (Å²) in [7, 11) is 1.84. The first-order chi connectivity index (χ1) is 10.0. The molecule has 0 bridgehead atoms. The Balaban J connectivity index is 2.25. The quantitative estimate of drug-likeness (QED) is 0.612. The maximum atomic E-state index is 11.2. The van der Waals surface area contributed by atoms with Gasteiger partial charge in [0, 0.05) is 31.4 Å². The monoisotopic (exact) mass is 291 g/mol. The minimum absolute atomic E-state index is 0.152. The molecule has 0 unspecified atom stereocenters. The van der Waals surface area contributed by atoms with Crippen LogP contribution in [0.3, 0.4) is 0 Å². The second-order valence-corrected chi connectivity index (χ2v) is 4.44. The molecular weight excluding hydrogens is 274 g/mol. The van der Waals surface area contributed by atoms with Crippen molar-refractivity contribution in [2.24, 2.45) is 7.05 Å². The molecule has 0 aromatic carbocycles. The van der Waals surface area contributed by atoms with Gasteiger partial charge in [0.2, 0.25) is 11.6 Å². The minimum Gasteiger partial charge on any atom is -0.364 e. The van der Waals surface area contributed by atoms with Gasteiger partial charge in [0.05, 0.1) is 11.1 Å². The topological polar surface area (TPSA) is 111 Å². The van der Waals surface area contributed by atoms with Crippen molar-refractivity contribution in [3.8, 4) is 0 Å². The molecule has 2 heterocycles. The zero-order chi connectivity index (χ0) is 15.4. The molecule has 2 rings (SSSR count). The summed E-state index contributed by atoms with van der Waals surface area (Å²) >= 11 is 0. The summed E-state index contributed by atoms with van der Waals surface area (Å²) in [4.78, 5) is 18.6. The van der Waals surface area contributed by atoms with Crippen LogP contribution in [-0.4, -0.2) is 31.2 Å². The highest BCUT2D eigenvalue weighted by atomic mass is 16.6. The highest BCUT2D eigenvalue weighted by Crippen LogP contribution is 2.29. The van der Waals surface area contributed by atoms with Crippen LogP contribution in [0.5, 0.6) is 0 Å². The molecule has 0 aliphatic rings. The second kappa shape index (κ2) is 6.16. The van der Waals surface area contributed by atoms with Gasteiger partial charge in [0.25, 0.3) is 0 Å². The van der Waals surface area contributed by atoms with Gasteiger partial charge in [-0.3, -0.25) is 14.8 Å². The minimum atomic E-state index is -0.490. The Kier molecular flexibility index (Phi) is 4.31. The molecule has 0 fully saturated rings. The van der Waals surface area contributed by atoms with Crippen LogP contribution in [0.4, 0.5) is 17.3 Å². The lowest BCUT2D eigenvalue weighted by Gasteiger charge is -2.08. The van der Waals surface area contributed by atoms with Crippen molar-refractivity contribution in [3.63, 3.8) is 0 Å². The van der Waals surface area contributed by atoms with E-state index in [2.05, 4.69) is 25.7 Å². The van der Waals surface area contributed by atoms with E-state index >= 15 is 0 Å². The van der Waals surface area contributed by atoms with E-state index in [9.17, 15) is 10.1 Å². The van der Waals surface area contributed by atoms with Crippen molar-refractivity contribution in [3.05, 3.63) is 33.9 Å². The van der Waals surface area contributed by atoms with Gasteiger partial charge in [-0.25, -0.2) is 9.97 Å². The van der Waals surface area contributed by atoms with Crippen LogP contribution in [0, 0.1) is 17.0 Å². The van der Waals surface area contributed by atoms with Crippen molar-refractivity contribution in [1.82, 2.24) is 19.7 Å². The van der Waals surface area contributed by atoms with Gasteiger partial charge in [-0.2, -0.15) is 5.10 Å². The van der Waals surface area contributed by atoms with E-state index in [0.717, 1.165) is 11.3 Å². The first-order valence-corrected chi connectivity index (χ1v) is 6.49. The fraction of sp³-hybridized carbons (Fsp3) is 0.417. The fourth-order valence-corrected chi connectivity index (χ4v) is 1.87. The van der Waals surface area contributed by atoms with Crippen LogP contribution >= 0.6 is 0 Å².